The van der Waals surface area contributed by atoms with E-state index in [1.54, 1.807) is 11.9 Å². The zero-order valence-corrected chi connectivity index (χ0v) is 14.8. The van der Waals surface area contributed by atoms with Gasteiger partial charge in [0.1, 0.15) is 23.1 Å². The Hall–Kier alpha value is -2.55. The number of sulfone groups is 1. The van der Waals surface area contributed by atoms with Crippen LogP contribution in [-0.4, -0.2) is 43.9 Å². The van der Waals surface area contributed by atoms with E-state index in [0.717, 1.165) is 12.1 Å². The number of hydrogen-bond donors (Lipinski definition) is 1. The highest BCUT2D eigenvalue weighted by Crippen LogP contribution is 2.23. The van der Waals surface area contributed by atoms with Gasteiger partial charge in [-0.25, -0.2) is 22.2 Å². The number of pyridine rings is 1. The van der Waals surface area contributed by atoms with Crippen molar-refractivity contribution in [1.29, 1.82) is 0 Å². The van der Waals surface area contributed by atoms with Gasteiger partial charge in [-0.3, -0.25) is 4.79 Å². The highest BCUT2D eigenvalue weighted by Gasteiger charge is 2.31. The van der Waals surface area contributed by atoms with Crippen molar-refractivity contribution in [3.05, 3.63) is 53.7 Å². The molecular weight excluding hydrogens is 364 g/mol. The maximum absolute atomic E-state index is 13.7. The summed E-state index contributed by atoms with van der Waals surface area (Å²) in [5.74, 6) is -1.88. The van der Waals surface area contributed by atoms with Crippen LogP contribution in [0, 0.1) is 11.6 Å². The number of carbonyl (C=O) groups is 1. The third kappa shape index (κ3) is 3.82. The molecule has 6 nitrogen and oxygen atoms in total. The van der Waals surface area contributed by atoms with Gasteiger partial charge >= 0.3 is 0 Å². The van der Waals surface area contributed by atoms with Crippen molar-refractivity contribution in [3.63, 3.8) is 0 Å². The van der Waals surface area contributed by atoms with Crippen LogP contribution < -0.4 is 10.2 Å². The highest BCUT2D eigenvalue weighted by molar-refractivity contribution is 7.91. The molecule has 1 aromatic heterocycles. The van der Waals surface area contributed by atoms with Gasteiger partial charge in [0.25, 0.3) is 5.91 Å². The summed E-state index contributed by atoms with van der Waals surface area (Å²) in [5, 5.41) is 2.21. The van der Waals surface area contributed by atoms with Crippen LogP contribution in [0.2, 0.25) is 0 Å². The smallest absolute Gasteiger partial charge is 0.256 e. The van der Waals surface area contributed by atoms with E-state index >= 15 is 0 Å². The highest BCUT2D eigenvalue weighted by atomic mass is 32.2. The Morgan fingerprint density at radius 3 is 2.58 bits per heavy atom. The SMILES string of the molecule is CN(c1cc(C(=O)Nc2c(F)cccc2F)ccn1)C1CCS(=O)(=O)C1. The van der Waals surface area contributed by atoms with Crippen LogP contribution in [0.3, 0.4) is 0 Å². The van der Waals surface area contributed by atoms with Gasteiger partial charge in [0.05, 0.1) is 11.5 Å². The van der Waals surface area contributed by atoms with Gasteiger partial charge in [-0.1, -0.05) is 6.07 Å². The van der Waals surface area contributed by atoms with Crippen LogP contribution in [0.5, 0.6) is 0 Å². The standard InChI is InChI=1S/C17H17F2N3O3S/c1-22(12-6-8-26(24,25)10-12)15-9-11(5-7-20-15)17(23)21-16-13(18)3-2-4-14(16)19/h2-5,7,9,12H,6,8,10H2,1H3,(H,21,23). The van der Waals surface area contributed by atoms with Crippen molar-refractivity contribution < 1.29 is 22.0 Å². The Balaban J connectivity index is 1.80. The molecule has 2 aromatic rings. The van der Waals surface area contributed by atoms with Gasteiger partial charge in [0.2, 0.25) is 0 Å². The number of para-hydroxylation sites is 1. The fraction of sp³-hybridized carbons (Fsp3) is 0.294. The first-order valence-corrected chi connectivity index (χ1v) is 9.73. The van der Waals surface area contributed by atoms with Gasteiger partial charge in [-0.05, 0) is 30.7 Å². The molecule has 1 unspecified atom stereocenters. The topological polar surface area (TPSA) is 79.4 Å². The molecule has 0 radical (unpaired) electrons. The number of nitrogens with zero attached hydrogens (tertiary/aromatic N) is 2. The van der Waals surface area contributed by atoms with Gasteiger partial charge in [-0.15, -0.1) is 0 Å². The van der Waals surface area contributed by atoms with Crippen LogP contribution in [-0.2, 0) is 9.84 Å². The number of carbonyl (C=O) groups excluding carboxylic acids is 1. The van der Waals surface area contributed by atoms with Crippen molar-refractivity contribution in [2.45, 2.75) is 12.5 Å². The van der Waals surface area contributed by atoms with Crippen LogP contribution in [0.15, 0.2) is 36.5 Å². The van der Waals surface area contributed by atoms with E-state index in [4.69, 9.17) is 0 Å². The number of halogens is 2. The van der Waals surface area contributed by atoms with Gasteiger partial charge < -0.3 is 10.2 Å². The maximum Gasteiger partial charge on any atom is 0.256 e. The second kappa shape index (κ2) is 6.99. The summed E-state index contributed by atoms with van der Waals surface area (Å²) in [4.78, 5) is 18.2. The normalized spacial score (nSPS) is 18.5. The van der Waals surface area contributed by atoms with E-state index in [1.807, 2.05) is 0 Å². The Bertz CT molecular complexity index is 930. The minimum atomic E-state index is -3.06. The number of benzene rings is 1. The van der Waals surface area contributed by atoms with Crippen LogP contribution in [0.25, 0.3) is 0 Å². The third-order valence-corrected chi connectivity index (χ3v) is 6.08. The fourth-order valence-corrected chi connectivity index (χ4v) is 4.60. The number of aromatic nitrogens is 1. The first-order valence-electron chi connectivity index (χ1n) is 7.91. The number of hydrogen-bond acceptors (Lipinski definition) is 5. The van der Waals surface area contributed by atoms with E-state index < -0.39 is 33.1 Å². The Morgan fingerprint density at radius 1 is 1.27 bits per heavy atom. The van der Waals surface area contributed by atoms with E-state index in [1.165, 1.54) is 24.4 Å². The average Bonchev–Trinajstić information content (AvgIpc) is 2.97. The molecule has 9 heteroatoms. The number of rotatable bonds is 4. The van der Waals surface area contributed by atoms with Crippen LogP contribution >= 0.6 is 0 Å². The summed E-state index contributed by atoms with van der Waals surface area (Å²) in [6, 6.07) is 5.94. The molecule has 0 saturated carbocycles. The molecule has 26 heavy (non-hydrogen) atoms. The number of anilines is 2. The molecule has 2 heterocycles. The lowest BCUT2D eigenvalue weighted by molar-refractivity contribution is 0.102. The van der Waals surface area contributed by atoms with Crippen molar-refractivity contribution in [2.75, 3.05) is 28.8 Å². The third-order valence-electron chi connectivity index (χ3n) is 4.33. The first kappa shape index (κ1) is 18.2. The predicted molar refractivity (Wildman–Crippen MR) is 94.0 cm³/mol. The van der Waals surface area contributed by atoms with E-state index in [-0.39, 0.29) is 23.1 Å². The molecule has 0 spiro atoms. The van der Waals surface area contributed by atoms with Crippen LogP contribution in [0.4, 0.5) is 20.3 Å². The molecule has 1 aliphatic rings. The van der Waals surface area contributed by atoms with Gasteiger partial charge in [-0.2, -0.15) is 0 Å². The molecule has 1 aliphatic heterocycles. The quantitative estimate of drug-likeness (QED) is 0.879. The molecule has 1 N–H and O–H groups in total. The minimum absolute atomic E-state index is 0.0298. The van der Waals surface area contributed by atoms with Crippen molar-refractivity contribution in [2.24, 2.45) is 0 Å². The second-order valence-electron chi connectivity index (χ2n) is 6.12. The van der Waals surface area contributed by atoms with Crippen LogP contribution in [0.1, 0.15) is 16.8 Å². The summed E-state index contributed by atoms with van der Waals surface area (Å²) in [7, 11) is -1.36. The molecule has 1 amide bonds. The molecule has 0 aliphatic carbocycles. The summed E-state index contributed by atoms with van der Waals surface area (Å²) < 4.78 is 50.6. The monoisotopic (exact) mass is 381 g/mol. The molecule has 1 atom stereocenters. The summed E-state index contributed by atoms with van der Waals surface area (Å²) in [6.07, 6.45) is 1.87. The molecule has 1 aromatic carbocycles. The summed E-state index contributed by atoms with van der Waals surface area (Å²) in [6.45, 7) is 0. The Morgan fingerprint density at radius 2 is 1.96 bits per heavy atom. The fourth-order valence-electron chi connectivity index (χ4n) is 2.82. The molecule has 3 rings (SSSR count). The Labute approximate surface area is 149 Å². The summed E-state index contributed by atoms with van der Waals surface area (Å²) >= 11 is 0. The maximum atomic E-state index is 13.7. The first-order chi connectivity index (χ1) is 12.3. The lowest BCUT2D eigenvalue weighted by Crippen LogP contribution is -2.33. The van der Waals surface area contributed by atoms with Crippen molar-refractivity contribution >= 4 is 27.2 Å². The van der Waals surface area contributed by atoms with Crippen molar-refractivity contribution in [3.8, 4) is 0 Å². The molecule has 138 valence electrons. The van der Waals surface area contributed by atoms with E-state index in [0.29, 0.717) is 12.2 Å². The lowest BCUT2D eigenvalue weighted by Gasteiger charge is -2.24. The predicted octanol–water partition coefficient (Wildman–Crippen LogP) is 2.24. The van der Waals surface area contributed by atoms with E-state index in [2.05, 4.69) is 10.3 Å². The summed E-state index contributed by atoms with van der Waals surface area (Å²) in [5.41, 5.74) is -0.364. The molecule has 1 fully saturated rings. The largest absolute Gasteiger partial charge is 0.356 e. The average molecular weight is 381 g/mol. The van der Waals surface area contributed by atoms with Crippen molar-refractivity contribution in [1.82, 2.24) is 4.98 Å². The van der Waals surface area contributed by atoms with Gasteiger partial charge in [0.15, 0.2) is 9.84 Å². The molecule has 0 bridgehead atoms. The van der Waals surface area contributed by atoms with E-state index in [9.17, 15) is 22.0 Å². The molecule has 1 saturated heterocycles. The lowest BCUT2D eigenvalue weighted by atomic mass is 10.2. The second-order valence-corrected chi connectivity index (χ2v) is 8.35. The number of nitrogens with one attached hydrogen (secondary N) is 1. The Kier molecular flexibility index (Phi) is 4.90. The van der Waals surface area contributed by atoms with Gasteiger partial charge in [0, 0.05) is 24.8 Å². The zero-order valence-electron chi connectivity index (χ0n) is 13.9. The zero-order chi connectivity index (χ0) is 18.9. The molecular formula is C17H17F2N3O3S. The number of amides is 1. The minimum Gasteiger partial charge on any atom is -0.356 e.